The number of allylic oxidation sites excluding steroid dienone is 1. The zero-order chi connectivity index (χ0) is 21.1. The summed E-state index contributed by atoms with van der Waals surface area (Å²) in [5, 5.41) is 3.46. The van der Waals surface area contributed by atoms with E-state index in [4.69, 9.17) is 0 Å². The predicted molar refractivity (Wildman–Crippen MR) is 120 cm³/mol. The zero-order valence-electron chi connectivity index (χ0n) is 17.6. The smallest absolute Gasteiger partial charge is 0.173 e. The molecule has 31 heavy (non-hydrogen) atoms. The van der Waals surface area contributed by atoms with Crippen molar-refractivity contribution in [3.05, 3.63) is 64.9 Å². The van der Waals surface area contributed by atoms with Crippen LogP contribution in [0.5, 0.6) is 0 Å². The molecule has 0 bridgehead atoms. The van der Waals surface area contributed by atoms with Crippen molar-refractivity contribution in [2.45, 2.75) is 38.1 Å². The van der Waals surface area contributed by atoms with E-state index in [1.807, 2.05) is 12.3 Å². The topological polar surface area (TPSA) is 49.6 Å². The van der Waals surface area contributed by atoms with E-state index in [1.54, 1.807) is 16.7 Å². The molecule has 0 unspecified atom stereocenters. The summed E-state index contributed by atoms with van der Waals surface area (Å²) >= 11 is 0. The Hall–Kier alpha value is -2.99. The maximum Gasteiger partial charge on any atom is 0.173 e. The molecule has 0 spiro atoms. The number of imidazole rings is 1. The maximum absolute atomic E-state index is 14.6. The van der Waals surface area contributed by atoms with Crippen LogP contribution in [0.2, 0.25) is 0 Å². The van der Waals surface area contributed by atoms with Crippen LogP contribution in [0.3, 0.4) is 0 Å². The van der Waals surface area contributed by atoms with Crippen LogP contribution >= 0.6 is 0 Å². The first-order valence-corrected chi connectivity index (χ1v) is 11.1. The molecule has 6 heteroatoms. The molecular weight excluding hydrogens is 391 g/mol. The summed E-state index contributed by atoms with van der Waals surface area (Å²) in [6.07, 6.45) is 8.22. The number of hydrogen-bond donors (Lipinski definition) is 1. The number of piperazine rings is 1. The molecule has 3 aromatic rings. The van der Waals surface area contributed by atoms with Crippen LogP contribution in [0.4, 0.5) is 10.1 Å². The fraction of sp³-hybridized carbons (Fsp3) is 0.360. The van der Waals surface area contributed by atoms with Crippen molar-refractivity contribution < 1.29 is 9.18 Å². The molecular formula is C25H25FN4O. The molecule has 5 nitrogen and oxygen atoms in total. The number of ketones is 1. The van der Waals surface area contributed by atoms with Crippen molar-refractivity contribution in [3.63, 3.8) is 0 Å². The number of fused-ring (bicyclic) bond motifs is 2. The van der Waals surface area contributed by atoms with Crippen molar-refractivity contribution in [2.24, 2.45) is 0 Å². The Morgan fingerprint density at radius 3 is 2.87 bits per heavy atom. The molecule has 3 aliphatic rings. The van der Waals surface area contributed by atoms with Crippen LogP contribution in [0.25, 0.3) is 17.3 Å². The van der Waals surface area contributed by atoms with E-state index >= 15 is 0 Å². The first-order chi connectivity index (χ1) is 15.0. The fourth-order valence-electron chi connectivity index (χ4n) is 4.82. The van der Waals surface area contributed by atoms with Gasteiger partial charge in [-0.15, -0.1) is 0 Å². The Morgan fingerprint density at radius 2 is 2.06 bits per heavy atom. The third-order valence-electron chi connectivity index (χ3n) is 6.66. The van der Waals surface area contributed by atoms with Crippen LogP contribution in [0.1, 0.15) is 48.1 Å². The van der Waals surface area contributed by atoms with E-state index in [-0.39, 0.29) is 17.2 Å². The quantitative estimate of drug-likeness (QED) is 0.705. The van der Waals surface area contributed by atoms with Crippen molar-refractivity contribution in [1.29, 1.82) is 0 Å². The third kappa shape index (κ3) is 3.35. The van der Waals surface area contributed by atoms with Crippen molar-refractivity contribution in [3.8, 4) is 0 Å². The highest BCUT2D eigenvalue weighted by atomic mass is 19.1. The minimum Gasteiger partial charge on any atom is -0.369 e. The molecule has 1 N–H and O–H groups in total. The molecule has 1 atom stereocenters. The number of pyridine rings is 1. The van der Waals surface area contributed by atoms with Gasteiger partial charge in [-0.2, -0.15) is 0 Å². The fourth-order valence-corrected chi connectivity index (χ4v) is 4.82. The van der Waals surface area contributed by atoms with E-state index in [0.717, 1.165) is 49.2 Å². The van der Waals surface area contributed by atoms with Crippen LogP contribution in [0.15, 0.2) is 36.7 Å². The summed E-state index contributed by atoms with van der Waals surface area (Å²) in [4.78, 5) is 19.8. The van der Waals surface area contributed by atoms with Crippen molar-refractivity contribution >= 4 is 28.8 Å². The lowest BCUT2D eigenvalue weighted by atomic mass is 9.89. The SMILES string of the molecule is C[C@@H]1CN(c2ccc3c(c2)CC(=O)C(c2cn4cc(C5CC5)cc(F)c4n2)=C3)CCN1. The molecule has 1 saturated carbocycles. The largest absolute Gasteiger partial charge is 0.369 e. The molecule has 0 radical (unpaired) electrons. The van der Waals surface area contributed by atoms with Gasteiger partial charge in [-0.1, -0.05) is 6.07 Å². The summed E-state index contributed by atoms with van der Waals surface area (Å²) < 4.78 is 16.3. The number of carbonyl (C=O) groups is 1. The Labute approximate surface area is 180 Å². The van der Waals surface area contributed by atoms with Gasteiger partial charge >= 0.3 is 0 Å². The number of benzene rings is 1. The molecule has 2 aromatic heterocycles. The zero-order valence-corrected chi connectivity index (χ0v) is 17.6. The number of aromatic nitrogens is 2. The van der Waals surface area contributed by atoms with Gasteiger partial charge in [0, 0.05) is 55.8 Å². The number of rotatable bonds is 3. The molecule has 1 aliphatic heterocycles. The average molecular weight is 417 g/mol. The number of halogens is 1. The highest BCUT2D eigenvalue weighted by molar-refractivity contribution is 6.27. The van der Waals surface area contributed by atoms with Crippen LogP contribution in [-0.4, -0.2) is 40.8 Å². The first-order valence-electron chi connectivity index (χ1n) is 11.1. The lowest BCUT2D eigenvalue weighted by molar-refractivity contribution is -0.113. The molecule has 158 valence electrons. The predicted octanol–water partition coefficient (Wildman–Crippen LogP) is 3.81. The molecule has 2 fully saturated rings. The highest BCUT2D eigenvalue weighted by Crippen LogP contribution is 2.40. The highest BCUT2D eigenvalue weighted by Gasteiger charge is 2.27. The Balaban J connectivity index is 1.35. The maximum atomic E-state index is 14.6. The Bertz CT molecular complexity index is 1240. The second kappa shape index (κ2) is 7.02. The van der Waals surface area contributed by atoms with Crippen LogP contribution < -0.4 is 10.2 Å². The van der Waals surface area contributed by atoms with Gasteiger partial charge in [0.2, 0.25) is 0 Å². The Kier molecular flexibility index (Phi) is 4.25. The second-order valence-corrected chi connectivity index (χ2v) is 9.09. The lowest BCUT2D eigenvalue weighted by Crippen LogP contribution is -2.49. The van der Waals surface area contributed by atoms with Gasteiger partial charge in [0.1, 0.15) is 0 Å². The summed E-state index contributed by atoms with van der Waals surface area (Å²) in [5.41, 5.74) is 5.65. The monoisotopic (exact) mass is 416 g/mol. The van der Waals surface area contributed by atoms with E-state index < -0.39 is 0 Å². The molecule has 3 heterocycles. The minimum absolute atomic E-state index is 0.0320. The van der Waals surface area contributed by atoms with Crippen LogP contribution in [0, 0.1) is 5.82 Å². The van der Waals surface area contributed by atoms with Gasteiger partial charge in [0.05, 0.1) is 5.69 Å². The van der Waals surface area contributed by atoms with E-state index in [1.165, 1.54) is 5.69 Å². The van der Waals surface area contributed by atoms with E-state index in [9.17, 15) is 9.18 Å². The second-order valence-electron chi connectivity index (χ2n) is 9.09. The van der Waals surface area contributed by atoms with Gasteiger partial charge in [-0.25, -0.2) is 9.37 Å². The molecule has 6 rings (SSSR count). The first kappa shape index (κ1) is 18.8. The number of hydrogen-bond acceptors (Lipinski definition) is 4. The van der Waals surface area contributed by atoms with Crippen molar-refractivity contribution in [1.82, 2.24) is 14.7 Å². The number of Topliss-reactive ketones (excluding diaryl/α,β-unsaturated/α-hetero) is 1. The molecule has 1 saturated heterocycles. The van der Waals surface area contributed by atoms with Crippen LogP contribution in [-0.2, 0) is 11.2 Å². The normalized spacial score (nSPS) is 21.4. The van der Waals surface area contributed by atoms with Gasteiger partial charge in [0.25, 0.3) is 0 Å². The molecule has 0 amide bonds. The van der Waals surface area contributed by atoms with Gasteiger partial charge < -0.3 is 14.6 Å². The Morgan fingerprint density at radius 1 is 1.19 bits per heavy atom. The minimum atomic E-state index is -0.324. The number of carbonyl (C=O) groups excluding carboxylic acids is 1. The number of nitrogens with zero attached hydrogens (tertiary/aromatic N) is 3. The number of nitrogens with one attached hydrogen (secondary N) is 1. The molecule has 2 aliphatic carbocycles. The molecule has 1 aromatic carbocycles. The third-order valence-corrected chi connectivity index (χ3v) is 6.66. The van der Waals surface area contributed by atoms with Gasteiger partial charge in [0.15, 0.2) is 17.2 Å². The van der Waals surface area contributed by atoms with E-state index in [0.29, 0.717) is 29.6 Å². The standard InChI is InChI=1S/C25H25FN4O/c1-15-12-29(7-6-27-15)20-5-4-17-9-21(24(31)11-18(17)8-20)23-14-30-13-19(16-2-3-16)10-22(26)25(30)28-23/h4-5,8-10,13-16,27H,2-3,6-7,11-12H2,1H3/t15-/m1/s1. The van der Waals surface area contributed by atoms with Gasteiger partial charge in [-0.05, 0) is 66.6 Å². The average Bonchev–Trinajstić information content (AvgIpc) is 3.52. The summed E-state index contributed by atoms with van der Waals surface area (Å²) in [6, 6.07) is 8.41. The lowest BCUT2D eigenvalue weighted by Gasteiger charge is -2.34. The summed E-state index contributed by atoms with van der Waals surface area (Å²) in [6.45, 7) is 5.08. The number of anilines is 1. The van der Waals surface area contributed by atoms with Gasteiger partial charge in [-0.3, -0.25) is 4.79 Å². The van der Waals surface area contributed by atoms with Crippen molar-refractivity contribution in [2.75, 3.05) is 24.5 Å². The summed E-state index contributed by atoms with van der Waals surface area (Å²) in [5.74, 6) is 0.166. The van der Waals surface area contributed by atoms with E-state index in [2.05, 4.69) is 40.3 Å². The summed E-state index contributed by atoms with van der Waals surface area (Å²) in [7, 11) is 0.